The molecule has 2 rings (SSSR count). The average Bonchev–Trinajstić information content (AvgIpc) is 3.06. The summed E-state index contributed by atoms with van der Waals surface area (Å²) in [6, 6.07) is 0. The highest BCUT2D eigenvalue weighted by atomic mass is 32.1. The fraction of sp³-hybridized carbons (Fsp3) is 0.364. The molecule has 2 heterocycles. The zero-order chi connectivity index (χ0) is 14.5. The van der Waals surface area contributed by atoms with Gasteiger partial charge in [-0.2, -0.15) is 4.98 Å². The molecule has 0 spiro atoms. The van der Waals surface area contributed by atoms with E-state index in [1.54, 1.807) is 7.05 Å². The van der Waals surface area contributed by atoms with Crippen LogP contribution < -0.4 is 21.1 Å². The smallest absolute Gasteiger partial charge is 0.263 e. The molecule has 9 heteroatoms. The summed E-state index contributed by atoms with van der Waals surface area (Å²) in [5, 5.41) is 10.1. The van der Waals surface area contributed by atoms with E-state index >= 15 is 0 Å². The van der Waals surface area contributed by atoms with Crippen LogP contribution >= 0.6 is 11.3 Å². The van der Waals surface area contributed by atoms with Gasteiger partial charge in [-0.1, -0.05) is 5.16 Å². The first-order valence-electron chi connectivity index (χ1n) is 5.84. The van der Waals surface area contributed by atoms with E-state index in [0.29, 0.717) is 40.1 Å². The molecular weight excluding hydrogens is 282 g/mol. The summed E-state index contributed by atoms with van der Waals surface area (Å²) in [7, 11) is 3.06. The Morgan fingerprint density at radius 3 is 3.00 bits per heavy atom. The third-order valence-corrected chi connectivity index (χ3v) is 3.72. The number of nitrogens with zero attached hydrogens (tertiary/aromatic N) is 2. The first kappa shape index (κ1) is 14.1. The van der Waals surface area contributed by atoms with Gasteiger partial charge in [0.15, 0.2) is 11.6 Å². The van der Waals surface area contributed by atoms with E-state index in [9.17, 15) is 4.79 Å². The van der Waals surface area contributed by atoms with Gasteiger partial charge in [-0.05, 0) is 0 Å². The molecule has 1 amide bonds. The second-order valence-electron chi connectivity index (χ2n) is 3.81. The maximum atomic E-state index is 11.7. The van der Waals surface area contributed by atoms with Gasteiger partial charge < -0.3 is 25.6 Å². The van der Waals surface area contributed by atoms with Crippen molar-refractivity contribution in [1.29, 1.82) is 0 Å². The van der Waals surface area contributed by atoms with E-state index in [1.165, 1.54) is 24.8 Å². The summed E-state index contributed by atoms with van der Waals surface area (Å²) >= 11 is 1.24. The lowest BCUT2D eigenvalue weighted by molar-refractivity contribution is 0.0967. The molecule has 20 heavy (non-hydrogen) atoms. The van der Waals surface area contributed by atoms with Crippen molar-refractivity contribution in [2.75, 3.05) is 31.8 Å². The number of nitrogens with one attached hydrogen (secondary N) is 2. The number of thiophene rings is 1. The second-order valence-corrected chi connectivity index (χ2v) is 4.83. The number of ether oxygens (including phenoxy) is 1. The number of carbonyl (C=O) groups is 1. The van der Waals surface area contributed by atoms with Gasteiger partial charge in [0.2, 0.25) is 6.39 Å². The standard InChI is InChI=1S/C11H15N5O3S/c1-13-10(17)9-7(12)8(18-2)11(20-9)14-4-3-6-15-5-19-16-6/h5,14H,3-4,12H2,1-2H3,(H,13,17). The van der Waals surface area contributed by atoms with Crippen LogP contribution in [-0.4, -0.2) is 36.8 Å². The van der Waals surface area contributed by atoms with E-state index in [2.05, 4.69) is 25.3 Å². The van der Waals surface area contributed by atoms with Gasteiger partial charge in [0.25, 0.3) is 5.91 Å². The first-order chi connectivity index (χ1) is 9.67. The number of hydrogen-bond acceptors (Lipinski definition) is 8. The van der Waals surface area contributed by atoms with Crippen molar-refractivity contribution in [3.05, 3.63) is 17.1 Å². The van der Waals surface area contributed by atoms with Crippen molar-refractivity contribution >= 4 is 27.9 Å². The van der Waals surface area contributed by atoms with Crippen LogP contribution in [0.25, 0.3) is 0 Å². The maximum Gasteiger partial charge on any atom is 0.263 e. The Bertz CT molecular complexity index is 581. The molecule has 0 saturated heterocycles. The molecule has 108 valence electrons. The minimum absolute atomic E-state index is 0.239. The van der Waals surface area contributed by atoms with Gasteiger partial charge in [-0.3, -0.25) is 4.79 Å². The molecule has 0 aromatic carbocycles. The zero-order valence-corrected chi connectivity index (χ0v) is 11.9. The van der Waals surface area contributed by atoms with Crippen LogP contribution in [0.15, 0.2) is 10.9 Å². The van der Waals surface area contributed by atoms with Crippen LogP contribution in [0.2, 0.25) is 0 Å². The first-order valence-corrected chi connectivity index (χ1v) is 6.66. The molecule has 0 unspecified atom stereocenters. The summed E-state index contributed by atoms with van der Waals surface area (Å²) in [5.41, 5.74) is 6.23. The fourth-order valence-corrected chi connectivity index (χ4v) is 2.68. The monoisotopic (exact) mass is 297 g/mol. The third-order valence-electron chi connectivity index (χ3n) is 2.58. The van der Waals surface area contributed by atoms with Crippen molar-refractivity contribution in [2.24, 2.45) is 0 Å². The molecule has 0 radical (unpaired) electrons. The highest BCUT2D eigenvalue weighted by molar-refractivity contribution is 7.19. The minimum atomic E-state index is -0.239. The molecule has 0 aliphatic carbocycles. The highest BCUT2D eigenvalue weighted by Crippen LogP contribution is 2.42. The van der Waals surface area contributed by atoms with Crippen molar-refractivity contribution in [3.63, 3.8) is 0 Å². The van der Waals surface area contributed by atoms with Gasteiger partial charge in [-0.15, -0.1) is 11.3 Å². The number of carbonyl (C=O) groups excluding carboxylic acids is 1. The Morgan fingerprint density at radius 1 is 1.60 bits per heavy atom. The lowest BCUT2D eigenvalue weighted by atomic mass is 10.3. The summed E-state index contributed by atoms with van der Waals surface area (Å²) in [6.07, 6.45) is 1.87. The third kappa shape index (κ3) is 2.82. The van der Waals surface area contributed by atoms with E-state index in [-0.39, 0.29) is 5.91 Å². The summed E-state index contributed by atoms with van der Waals surface area (Å²) in [6.45, 7) is 0.572. The Hall–Kier alpha value is -2.29. The number of nitrogens with two attached hydrogens (primary N) is 1. The van der Waals surface area contributed by atoms with Gasteiger partial charge in [0, 0.05) is 20.0 Å². The molecule has 0 aliphatic heterocycles. The second kappa shape index (κ2) is 6.24. The van der Waals surface area contributed by atoms with Gasteiger partial charge >= 0.3 is 0 Å². The zero-order valence-electron chi connectivity index (χ0n) is 11.1. The lowest BCUT2D eigenvalue weighted by Crippen LogP contribution is -2.17. The number of methoxy groups -OCH3 is 1. The average molecular weight is 297 g/mol. The van der Waals surface area contributed by atoms with Crippen LogP contribution in [0.5, 0.6) is 5.75 Å². The molecule has 0 fully saturated rings. The number of nitrogen functional groups attached to an aromatic ring is 1. The maximum absolute atomic E-state index is 11.7. The fourth-order valence-electron chi connectivity index (χ4n) is 1.62. The van der Waals surface area contributed by atoms with Crippen molar-refractivity contribution in [2.45, 2.75) is 6.42 Å². The quantitative estimate of drug-likeness (QED) is 0.720. The van der Waals surface area contributed by atoms with Crippen molar-refractivity contribution in [3.8, 4) is 5.75 Å². The SMILES string of the molecule is CNC(=O)c1sc(NCCc2ncon2)c(OC)c1N. The van der Waals surface area contributed by atoms with Crippen LogP contribution in [0.4, 0.5) is 10.7 Å². The molecule has 8 nitrogen and oxygen atoms in total. The number of amides is 1. The number of anilines is 2. The number of aromatic nitrogens is 2. The van der Waals surface area contributed by atoms with Crippen molar-refractivity contribution in [1.82, 2.24) is 15.5 Å². The predicted octanol–water partition coefficient (Wildman–Crippen LogP) is 0.736. The van der Waals surface area contributed by atoms with Crippen LogP contribution in [0.1, 0.15) is 15.5 Å². The summed E-state index contributed by atoms with van der Waals surface area (Å²) in [4.78, 5) is 16.0. The van der Waals surface area contributed by atoms with E-state index in [1.807, 2.05) is 0 Å². The molecule has 0 atom stereocenters. The Labute approximate surface area is 119 Å². The van der Waals surface area contributed by atoms with E-state index < -0.39 is 0 Å². The van der Waals surface area contributed by atoms with Gasteiger partial charge in [0.05, 0.1) is 7.11 Å². The topological polar surface area (TPSA) is 115 Å². The molecule has 2 aromatic rings. The minimum Gasteiger partial charge on any atom is -0.492 e. The Morgan fingerprint density at radius 2 is 2.40 bits per heavy atom. The highest BCUT2D eigenvalue weighted by Gasteiger charge is 2.20. The van der Waals surface area contributed by atoms with E-state index in [4.69, 9.17) is 10.5 Å². The molecule has 0 bridgehead atoms. The van der Waals surface area contributed by atoms with Crippen LogP contribution in [0, 0.1) is 0 Å². The molecule has 0 saturated carbocycles. The Kier molecular flexibility index (Phi) is 4.41. The number of rotatable bonds is 6. The summed E-state index contributed by atoms with van der Waals surface area (Å²) in [5.74, 6) is 0.839. The Balaban J connectivity index is 2.08. The van der Waals surface area contributed by atoms with Gasteiger partial charge in [0.1, 0.15) is 15.6 Å². The molecule has 0 aliphatic rings. The van der Waals surface area contributed by atoms with Gasteiger partial charge in [-0.25, -0.2) is 0 Å². The molecular formula is C11H15N5O3S. The van der Waals surface area contributed by atoms with Crippen LogP contribution in [0.3, 0.4) is 0 Å². The largest absolute Gasteiger partial charge is 0.492 e. The normalized spacial score (nSPS) is 10.3. The summed E-state index contributed by atoms with van der Waals surface area (Å²) < 4.78 is 9.88. The van der Waals surface area contributed by atoms with Crippen molar-refractivity contribution < 1.29 is 14.1 Å². The van der Waals surface area contributed by atoms with Crippen LogP contribution in [-0.2, 0) is 6.42 Å². The molecule has 2 aromatic heterocycles. The predicted molar refractivity (Wildman–Crippen MR) is 75.2 cm³/mol. The molecule has 4 N–H and O–H groups in total. The number of hydrogen-bond donors (Lipinski definition) is 3. The van der Waals surface area contributed by atoms with E-state index in [0.717, 1.165) is 0 Å². The lowest BCUT2D eigenvalue weighted by Gasteiger charge is -2.05.